The molecular weight excluding hydrogens is 535 g/mol. The third-order valence-corrected chi connectivity index (χ3v) is 6.54. The lowest BCUT2D eigenvalue weighted by atomic mass is 9.84. The zero-order valence-electron chi connectivity index (χ0n) is 21.3. The lowest BCUT2D eigenvalue weighted by Gasteiger charge is -2.31. The number of hydrogen-bond donors (Lipinski definition) is 2. The van der Waals surface area contributed by atoms with Crippen molar-refractivity contribution in [1.29, 1.82) is 5.26 Å². The van der Waals surface area contributed by atoms with E-state index in [2.05, 4.69) is 36.6 Å². The molecule has 2 unspecified atom stereocenters. The van der Waals surface area contributed by atoms with Crippen molar-refractivity contribution < 1.29 is 22.7 Å². The number of halogens is 4. The molecular formula is C27H25ClF3N5O3. The van der Waals surface area contributed by atoms with Gasteiger partial charge in [0.05, 0.1) is 23.9 Å². The van der Waals surface area contributed by atoms with Crippen LogP contribution in [0.1, 0.15) is 55.5 Å². The number of carbonyl (C=O) groups excluding carboxylic acids is 1. The molecule has 0 spiro atoms. The van der Waals surface area contributed by atoms with E-state index in [4.69, 9.17) is 21.6 Å². The molecule has 12 heteroatoms. The quantitative estimate of drug-likeness (QED) is 0.453. The van der Waals surface area contributed by atoms with Gasteiger partial charge >= 0.3 is 6.18 Å². The highest BCUT2D eigenvalue weighted by Crippen LogP contribution is 2.35. The van der Waals surface area contributed by atoms with Crippen molar-refractivity contribution in [2.75, 3.05) is 0 Å². The van der Waals surface area contributed by atoms with Gasteiger partial charge in [-0.05, 0) is 41.2 Å². The van der Waals surface area contributed by atoms with Crippen LogP contribution in [0.15, 0.2) is 53.6 Å². The van der Waals surface area contributed by atoms with Crippen LogP contribution in [-0.2, 0) is 22.9 Å². The zero-order valence-corrected chi connectivity index (χ0v) is 22.0. The van der Waals surface area contributed by atoms with Crippen LogP contribution in [0.5, 0.6) is 11.5 Å². The molecule has 1 saturated heterocycles. The molecule has 3 aromatic rings. The van der Waals surface area contributed by atoms with Gasteiger partial charge in [-0.2, -0.15) is 18.4 Å². The molecule has 0 bridgehead atoms. The average molecular weight is 560 g/mol. The summed E-state index contributed by atoms with van der Waals surface area (Å²) in [4.78, 5) is 29.2. The van der Waals surface area contributed by atoms with E-state index in [0.717, 1.165) is 28.1 Å². The molecule has 1 aliphatic heterocycles. The SMILES string of the molecule is CC(C)(C)c1ccc(C2CC(Cn3cnc(C(F)(F)F)c(Oc4cc(Cl)cc(C#N)c4)c3=O)NNC2=O)cc1. The van der Waals surface area contributed by atoms with Crippen LogP contribution < -0.4 is 21.1 Å². The van der Waals surface area contributed by atoms with E-state index in [1.165, 1.54) is 12.1 Å². The van der Waals surface area contributed by atoms with Gasteiger partial charge in [-0.3, -0.25) is 19.6 Å². The second-order valence-corrected chi connectivity index (χ2v) is 10.7. The lowest BCUT2D eigenvalue weighted by molar-refractivity contribution is -0.142. The van der Waals surface area contributed by atoms with E-state index < -0.39 is 35.1 Å². The third kappa shape index (κ3) is 6.41. The van der Waals surface area contributed by atoms with Crippen LogP contribution in [0.4, 0.5) is 13.2 Å². The van der Waals surface area contributed by atoms with Crippen LogP contribution in [-0.4, -0.2) is 21.5 Å². The monoisotopic (exact) mass is 559 g/mol. The highest BCUT2D eigenvalue weighted by Gasteiger charge is 2.39. The Balaban J connectivity index is 1.62. The summed E-state index contributed by atoms with van der Waals surface area (Å²) in [5.41, 5.74) is 4.68. The summed E-state index contributed by atoms with van der Waals surface area (Å²) in [5, 5.41) is 9.18. The molecule has 0 radical (unpaired) electrons. The fourth-order valence-corrected chi connectivity index (χ4v) is 4.49. The van der Waals surface area contributed by atoms with Gasteiger partial charge in [0, 0.05) is 17.6 Å². The highest BCUT2D eigenvalue weighted by atomic mass is 35.5. The third-order valence-electron chi connectivity index (χ3n) is 6.32. The standard InChI is InChI=1S/C27H25ClF3N5O3/c1-26(2,3)17-6-4-16(5-7-17)21-11-19(34-35-24(21)37)13-36-14-33-23(27(29,30)31)22(25(36)38)39-20-9-15(12-32)8-18(28)10-20/h4-10,14,19,21,34H,11,13H2,1-3H3,(H,35,37). The van der Waals surface area contributed by atoms with Gasteiger partial charge in [-0.25, -0.2) is 10.4 Å². The molecule has 1 amide bonds. The molecule has 2 N–H and O–H groups in total. The Morgan fingerprint density at radius 2 is 1.85 bits per heavy atom. The molecule has 1 aromatic heterocycles. The summed E-state index contributed by atoms with van der Waals surface area (Å²) in [6.07, 6.45) is -3.91. The first-order valence-electron chi connectivity index (χ1n) is 12.0. The van der Waals surface area contributed by atoms with Gasteiger partial charge in [-0.15, -0.1) is 0 Å². The Labute approximate surface area is 227 Å². The molecule has 204 valence electrons. The Kier molecular flexibility index (Phi) is 7.73. The number of nitriles is 1. The predicted molar refractivity (Wildman–Crippen MR) is 137 cm³/mol. The maximum Gasteiger partial charge on any atom is 0.437 e. The second-order valence-electron chi connectivity index (χ2n) is 10.3. The van der Waals surface area contributed by atoms with Crippen LogP contribution in [0.25, 0.3) is 0 Å². The molecule has 0 saturated carbocycles. The van der Waals surface area contributed by atoms with Crippen molar-refractivity contribution in [3.8, 4) is 17.6 Å². The van der Waals surface area contributed by atoms with E-state index in [-0.39, 0.29) is 40.6 Å². The summed E-state index contributed by atoms with van der Waals surface area (Å²) in [6, 6.07) is 12.7. The van der Waals surface area contributed by atoms with Gasteiger partial charge in [-0.1, -0.05) is 56.6 Å². The molecule has 4 rings (SSSR count). The summed E-state index contributed by atoms with van der Waals surface area (Å²) < 4.78 is 47.4. The zero-order chi connectivity index (χ0) is 28.5. The fraction of sp³-hybridized carbons (Fsp3) is 0.333. The first kappa shape index (κ1) is 28.1. The molecule has 0 aliphatic carbocycles. The molecule has 2 atom stereocenters. The van der Waals surface area contributed by atoms with Gasteiger partial charge in [0.2, 0.25) is 11.7 Å². The first-order chi connectivity index (χ1) is 18.3. The predicted octanol–water partition coefficient (Wildman–Crippen LogP) is 5.05. The van der Waals surface area contributed by atoms with Crippen LogP contribution >= 0.6 is 11.6 Å². The topological polar surface area (TPSA) is 109 Å². The van der Waals surface area contributed by atoms with Crippen LogP contribution in [0.3, 0.4) is 0 Å². The number of nitrogens with zero attached hydrogens (tertiary/aromatic N) is 3. The fourth-order valence-electron chi connectivity index (χ4n) is 4.27. The second kappa shape index (κ2) is 10.7. The summed E-state index contributed by atoms with van der Waals surface area (Å²) in [6.45, 7) is 6.14. The Hall–Kier alpha value is -3.88. The van der Waals surface area contributed by atoms with Crippen molar-refractivity contribution >= 4 is 17.5 Å². The molecule has 8 nitrogen and oxygen atoms in total. The smallest absolute Gasteiger partial charge is 0.437 e. The number of carbonyl (C=O) groups is 1. The molecule has 1 aliphatic rings. The maximum atomic E-state index is 13.7. The van der Waals surface area contributed by atoms with E-state index in [0.29, 0.717) is 0 Å². The molecule has 1 fully saturated rings. The van der Waals surface area contributed by atoms with Crippen molar-refractivity contribution in [3.05, 3.63) is 86.6 Å². The number of rotatable bonds is 5. The van der Waals surface area contributed by atoms with Gasteiger partial charge < -0.3 is 4.74 Å². The van der Waals surface area contributed by atoms with E-state index in [1.807, 2.05) is 30.3 Å². The number of amides is 1. The van der Waals surface area contributed by atoms with Crippen molar-refractivity contribution in [2.45, 2.75) is 57.3 Å². The van der Waals surface area contributed by atoms with Crippen LogP contribution in [0.2, 0.25) is 5.02 Å². The Morgan fingerprint density at radius 1 is 1.15 bits per heavy atom. The highest BCUT2D eigenvalue weighted by molar-refractivity contribution is 6.30. The Morgan fingerprint density at radius 3 is 2.46 bits per heavy atom. The lowest BCUT2D eigenvalue weighted by Crippen LogP contribution is -2.54. The number of nitrogens with one attached hydrogen (secondary N) is 2. The number of hydrogen-bond acceptors (Lipinski definition) is 6. The summed E-state index contributed by atoms with van der Waals surface area (Å²) in [5.74, 6) is -2.06. The number of aromatic nitrogens is 2. The van der Waals surface area contributed by atoms with Gasteiger partial charge in [0.25, 0.3) is 5.56 Å². The number of benzene rings is 2. The molecule has 39 heavy (non-hydrogen) atoms. The Bertz CT molecular complexity index is 1490. The minimum atomic E-state index is -4.98. The first-order valence-corrected chi connectivity index (χ1v) is 12.3. The minimum absolute atomic E-state index is 0.0407. The number of hydrazine groups is 1. The van der Waals surface area contributed by atoms with Crippen LogP contribution in [0, 0.1) is 11.3 Å². The van der Waals surface area contributed by atoms with E-state index in [9.17, 15) is 22.8 Å². The van der Waals surface area contributed by atoms with E-state index >= 15 is 0 Å². The normalized spacial score (nSPS) is 17.8. The maximum absolute atomic E-state index is 13.7. The van der Waals surface area contributed by atoms with E-state index in [1.54, 1.807) is 0 Å². The van der Waals surface area contributed by atoms with Crippen molar-refractivity contribution in [2.24, 2.45) is 0 Å². The number of alkyl halides is 3. The minimum Gasteiger partial charge on any atom is -0.449 e. The molecule has 2 heterocycles. The van der Waals surface area contributed by atoms with Crippen molar-refractivity contribution in [1.82, 2.24) is 20.4 Å². The van der Waals surface area contributed by atoms with Gasteiger partial charge in [0.1, 0.15) is 5.75 Å². The molecule has 2 aromatic carbocycles. The average Bonchev–Trinajstić information content (AvgIpc) is 2.86. The number of ether oxygens (including phenoxy) is 1. The van der Waals surface area contributed by atoms with Gasteiger partial charge in [0.15, 0.2) is 5.69 Å². The summed E-state index contributed by atoms with van der Waals surface area (Å²) >= 11 is 5.94. The largest absolute Gasteiger partial charge is 0.449 e. The van der Waals surface area contributed by atoms with Crippen molar-refractivity contribution in [3.63, 3.8) is 0 Å². The summed E-state index contributed by atoms with van der Waals surface area (Å²) in [7, 11) is 0.